The molecule has 29 heavy (non-hydrogen) atoms. The van der Waals surface area contributed by atoms with Gasteiger partial charge in [0.2, 0.25) is 5.91 Å². The molecule has 0 fully saturated rings. The second-order valence-corrected chi connectivity index (χ2v) is 7.01. The SMILES string of the molecule is CCOC(=O)c1sc(-c2ccc(F)cc2)cc1NC(=O)/C=C/c1ccc(F)cc1. The fourth-order valence-corrected chi connectivity index (χ4v) is 3.52. The van der Waals surface area contributed by atoms with E-state index in [1.165, 1.54) is 36.4 Å². The maximum Gasteiger partial charge on any atom is 0.350 e. The van der Waals surface area contributed by atoms with Gasteiger partial charge in [-0.15, -0.1) is 11.3 Å². The fraction of sp³-hybridized carbons (Fsp3) is 0.0909. The molecular formula is C22H17F2NO3S. The van der Waals surface area contributed by atoms with Crippen LogP contribution in [0.4, 0.5) is 14.5 Å². The van der Waals surface area contributed by atoms with Crippen LogP contribution in [-0.2, 0) is 9.53 Å². The van der Waals surface area contributed by atoms with Crippen LogP contribution in [0.1, 0.15) is 22.2 Å². The average Bonchev–Trinajstić information content (AvgIpc) is 3.12. The number of carbonyl (C=O) groups is 2. The van der Waals surface area contributed by atoms with Crippen molar-refractivity contribution in [2.24, 2.45) is 0 Å². The topological polar surface area (TPSA) is 55.4 Å². The molecule has 4 nitrogen and oxygen atoms in total. The molecular weight excluding hydrogens is 396 g/mol. The Balaban J connectivity index is 1.84. The molecule has 1 heterocycles. The van der Waals surface area contributed by atoms with Crippen LogP contribution in [0.2, 0.25) is 0 Å². The largest absolute Gasteiger partial charge is 0.462 e. The molecule has 7 heteroatoms. The minimum Gasteiger partial charge on any atom is -0.462 e. The third-order valence-electron chi connectivity index (χ3n) is 3.88. The Morgan fingerprint density at radius 2 is 1.66 bits per heavy atom. The van der Waals surface area contributed by atoms with Gasteiger partial charge in [-0.2, -0.15) is 0 Å². The number of hydrogen-bond acceptors (Lipinski definition) is 4. The van der Waals surface area contributed by atoms with E-state index >= 15 is 0 Å². The molecule has 0 saturated carbocycles. The first-order chi connectivity index (χ1) is 14.0. The standard InChI is InChI=1S/C22H17F2NO3S/c1-2-28-22(27)21-18(13-19(29-21)15-6-10-17(24)11-7-15)25-20(26)12-5-14-3-8-16(23)9-4-14/h3-13H,2H2,1H3,(H,25,26)/b12-5+. The summed E-state index contributed by atoms with van der Waals surface area (Å²) in [6.45, 7) is 1.89. The number of halogens is 2. The molecule has 1 aromatic heterocycles. The fourth-order valence-electron chi connectivity index (χ4n) is 2.51. The monoisotopic (exact) mass is 413 g/mol. The van der Waals surface area contributed by atoms with Gasteiger partial charge in [0.1, 0.15) is 16.5 Å². The van der Waals surface area contributed by atoms with Gasteiger partial charge >= 0.3 is 5.97 Å². The molecule has 0 aliphatic heterocycles. The molecule has 0 radical (unpaired) electrons. The molecule has 0 atom stereocenters. The van der Waals surface area contributed by atoms with Gasteiger partial charge in [-0.1, -0.05) is 24.3 Å². The number of anilines is 1. The van der Waals surface area contributed by atoms with Crippen LogP contribution in [0.5, 0.6) is 0 Å². The molecule has 2 aromatic carbocycles. The lowest BCUT2D eigenvalue weighted by Crippen LogP contribution is -2.11. The highest BCUT2D eigenvalue weighted by Crippen LogP contribution is 2.35. The van der Waals surface area contributed by atoms with Gasteiger partial charge in [0.25, 0.3) is 0 Å². The molecule has 3 rings (SSSR count). The molecule has 148 valence electrons. The van der Waals surface area contributed by atoms with Gasteiger partial charge in [-0.3, -0.25) is 4.79 Å². The normalized spacial score (nSPS) is 10.9. The van der Waals surface area contributed by atoms with Crippen LogP contribution in [0.15, 0.2) is 60.7 Å². The van der Waals surface area contributed by atoms with Crippen molar-refractivity contribution in [1.82, 2.24) is 0 Å². The second-order valence-electron chi connectivity index (χ2n) is 5.95. The van der Waals surface area contributed by atoms with Crippen LogP contribution in [0.25, 0.3) is 16.5 Å². The first-order valence-electron chi connectivity index (χ1n) is 8.78. The van der Waals surface area contributed by atoms with E-state index in [1.807, 2.05) is 0 Å². The predicted molar refractivity (Wildman–Crippen MR) is 110 cm³/mol. The summed E-state index contributed by atoms with van der Waals surface area (Å²) in [7, 11) is 0. The number of thiophene rings is 1. The van der Waals surface area contributed by atoms with Gasteiger partial charge in [0, 0.05) is 11.0 Å². The molecule has 3 aromatic rings. The Morgan fingerprint density at radius 1 is 1.03 bits per heavy atom. The summed E-state index contributed by atoms with van der Waals surface area (Å²) in [5.41, 5.74) is 1.68. The van der Waals surface area contributed by atoms with E-state index in [4.69, 9.17) is 4.74 Å². The van der Waals surface area contributed by atoms with Gasteiger partial charge < -0.3 is 10.1 Å². The number of carbonyl (C=O) groups excluding carboxylic acids is 2. The maximum absolute atomic E-state index is 13.2. The maximum atomic E-state index is 13.2. The highest BCUT2D eigenvalue weighted by atomic mass is 32.1. The van der Waals surface area contributed by atoms with E-state index in [2.05, 4.69) is 5.32 Å². The highest BCUT2D eigenvalue weighted by Gasteiger charge is 2.19. The quantitative estimate of drug-likeness (QED) is 0.428. The van der Waals surface area contributed by atoms with E-state index in [1.54, 1.807) is 37.3 Å². The summed E-state index contributed by atoms with van der Waals surface area (Å²) in [5.74, 6) is -1.74. The lowest BCUT2D eigenvalue weighted by molar-refractivity contribution is -0.111. The molecule has 1 amide bonds. The molecule has 0 aliphatic carbocycles. The van der Waals surface area contributed by atoms with Crippen molar-refractivity contribution in [2.75, 3.05) is 11.9 Å². The zero-order chi connectivity index (χ0) is 20.8. The van der Waals surface area contributed by atoms with Crippen LogP contribution in [-0.4, -0.2) is 18.5 Å². The zero-order valence-corrected chi connectivity index (χ0v) is 16.3. The molecule has 0 spiro atoms. The smallest absolute Gasteiger partial charge is 0.350 e. The van der Waals surface area contributed by atoms with Crippen LogP contribution in [0, 0.1) is 11.6 Å². The Morgan fingerprint density at radius 3 is 2.28 bits per heavy atom. The van der Waals surface area contributed by atoms with Crippen molar-refractivity contribution < 1.29 is 23.1 Å². The van der Waals surface area contributed by atoms with Crippen LogP contribution < -0.4 is 5.32 Å². The second kappa shape index (κ2) is 9.25. The van der Waals surface area contributed by atoms with E-state index in [9.17, 15) is 18.4 Å². The van der Waals surface area contributed by atoms with Crippen molar-refractivity contribution in [1.29, 1.82) is 0 Å². The summed E-state index contributed by atoms with van der Waals surface area (Å²) in [5, 5.41) is 2.67. The number of benzene rings is 2. The number of hydrogen-bond donors (Lipinski definition) is 1. The summed E-state index contributed by atoms with van der Waals surface area (Å²) in [6, 6.07) is 13.2. The van der Waals surface area contributed by atoms with Gasteiger partial charge in [-0.05, 0) is 54.5 Å². The Bertz CT molecular complexity index is 1040. The summed E-state index contributed by atoms with van der Waals surface area (Å²) in [6.07, 6.45) is 2.82. The van der Waals surface area contributed by atoms with Crippen LogP contribution >= 0.6 is 11.3 Å². The number of rotatable bonds is 6. The van der Waals surface area contributed by atoms with Gasteiger partial charge in [0.05, 0.1) is 12.3 Å². The van der Waals surface area contributed by atoms with Gasteiger partial charge in [-0.25, -0.2) is 13.6 Å². The Labute approximate surface area is 170 Å². The molecule has 1 N–H and O–H groups in total. The van der Waals surface area contributed by atoms with Gasteiger partial charge in [0.15, 0.2) is 0 Å². The van der Waals surface area contributed by atoms with E-state index < -0.39 is 11.9 Å². The third-order valence-corrected chi connectivity index (χ3v) is 5.04. The van der Waals surface area contributed by atoms with Crippen molar-refractivity contribution in [3.8, 4) is 10.4 Å². The Hall–Kier alpha value is -3.32. The summed E-state index contributed by atoms with van der Waals surface area (Å²) < 4.78 is 31.2. The van der Waals surface area contributed by atoms with Crippen LogP contribution in [0.3, 0.4) is 0 Å². The number of ether oxygens (including phenoxy) is 1. The molecule has 0 unspecified atom stereocenters. The zero-order valence-electron chi connectivity index (χ0n) is 15.4. The highest BCUT2D eigenvalue weighted by molar-refractivity contribution is 7.18. The van der Waals surface area contributed by atoms with Crippen molar-refractivity contribution in [2.45, 2.75) is 6.92 Å². The number of esters is 1. The lowest BCUT2D eigenvalue weighted by Gasteiger charge is -2.03. The summed E-state index contributed by atoms with van der Waals surface area (Å²) >= 11 is 1.15. The van der Waals surface area contributed by atoms with Crippen molar-refractivity contribution in [3.05, 3.63) is 82.7 Å². The minimum atomic E-state index is -0.552. The van der Waals surface area contributed by atoms with E-state index in [0.717, 1.165) is 11.3 Å². The molecule has 0 aliphatic rings. The van der Waals surface area contributed by atoms with E-state index in [0.29, 0.717) is 21.7 Å². The van der Waals surface area contributed by atoms with E-state index in [-0.39, 0.29) is 23.1 Å². The summed E-state index contributed by atoms with van der Waals surface area (Å²) in [4.78, 5) is 25.5. The lowest BCUT2D eigenvalue weighted by atomic mass is 10.2. The van der Waals surface area contributed by atoms with Crippen molar-refractivity contribution >= 4 is 35.0 Å². The molecule has 0 saturated heterocycles. The average molecular weight is 413 g/mol. The first kappa shape index (κ1) is 20.4. The Kier molecular flexibility index (Phi) is 6.51. The first-order valence-corrected chi connectivity index (χ1v) is 9.59. The minimum absolute atomic E-state index is 0.195. The number of amides is 1. The third kappa shape index (κ3) is 5.36. The molecule has 0 bridgehead atoms. The predicted octanol–water partition coefficient (Wildman–Crippen LogP) is 5.52. The number of nitrogens with one attached hydrogen (secondary N) is 1. The van der Waals surface area contributed by atoms with Crippen molar-refractivity contribution in [3.63, 3.8) is 0 Å².